The molecule has 1 amide bonds. The Bertz CT molecular complexity index is 227. The van der Waals surface area contributed by atoms with Gasteiger partial charge in [0, 0.05) is 17.9 Å². The van der Waals surface area contributed by atoms with Crippen molar-refractivity contribution < 1.29 is 9.53 Å². The van der Waals surface area contributed by atoms with Gasteiger partial charge in [0.15, 0.2) is 0 Å². The van der Waals surface area contributed by atoms with Crippen LogP contribution in [0.4, 0.5) is 0 Å². The Morgan fingerprint density at radius 3 is 2.56 bits per heavy atom. The average molecular weight is 292 g/mol. The number of halogens is 1. The number of rotatable bonds is 6. The summed E-state index contributed by atoms with van der Waals surface area (Å²) >= 11 is 3.40. The largest absolute Gasteiger partial charge is 0.383 e. The fourth-order valence-electron chi connectivity index (χ4n) is 2.46. The van der Waals surface area contributed by atoms with E-state index in [-0.39, 0.29) is 17.4 Å². The predicted molar refractivity (Wildman–Crippen MR) is 68.8 cm³/mol. The normalized spacial score (nSPS) is 20.7. The standard InChI is InChI=1S/C12H22BrNO2/c1-3-12(6-4-5-7-12)11(15)14-10(8-13)9-16-2/h10H,3-9H2,1-2H3,(H,14,15). The molecule has 0 aromatic rings. The van der Waals surface area contributed by atoms with Crippen LogP contribution in [-0.4, -0.2) is 31.0 Å². The molecule has 0 heterocycles. The predicted octanol–water partition coefficient (Wildman–Crippen LogP) is 2.48. The number of nitrogens with one attached hydrogen (secondary N) is 1. The van der Waals surface area contributed by atoms with E-state index in [1.54, 1.807) is 7.11 Å². The fraction of sp³-hybridized carbons (Fsp3) is 0.917. The third-order valence-corrected chi connectivity index (χ3v) is 4.39. The summed E-state index contributed by atoms with van der Waals surface area (Å²) < 4.78 is 5.08. The summed E-state index contributed by atoms with van der Waals surface area (Å²) in [6.07, 6.45) is 5.39. The molecule has 1 atom stereocenters. The molecule has 3 nitrogen and oxygen atoms in total. The zero-order valence-electron chi connectivity index (χ0n) is 10.2. The van der Waals surface area contributed by atoms with Gasteiger partial charge in [-0.05, 0) is 19.3 Å². The highest BCUT2D eigenvalue weighted by atomic mass is 79.9. The van der Waals surface area contributed by atoms with Gasteiger partial charge in [-0.1, -0.05) is 35.7 Å². The second-order valence-corrected chi connectivity index (χ2v) is 5.27. The van der Waals surface area contributed by atoms with Crippen molar-refractivity contribution in [3.8, 4) is 0 Å². The molecule has 0 saturated heterocycles. The van der Waals surface area contributed by atoms with E-state index in [9.17, 15) is 4.79 Å². The third kappa shape index (κ3) is 3.20. The minimum absolute atomic E-state index is 0.0847. The lowest BCUT2D eigenvalue weighted by atomic mass is 9.82. The number of hydrogen-bond donors (Lipinski definition) is 1. The maximum Gasteiger partial charge on any atom is 0.226 e. The summed E-state index contributed by atoms with van der Waals surface area (Å²) in [6, 6.07) is 0.0847. The van der Waals surface area contributed by atoms with Gasteiger partial charge in [0.2, 0.25) is 5.91 Å². The van der Waals surface area contributed by atoms with Crippen LogP contribution in [0.25, 0.3) is 0 Å². The maximum absolute atomic E-state index is 12.3. The van der Waals surface area contributed by atoms with Crippen LogP contribution in [0.5, 0.6) is 0 Å². The highest BCUT2D eigenvalue weighted by Gasteiger charge is 2.39. The summed E-state index contributed by atoms with van der Waals surface area (Å²) in [5.74, 6) is 0.217. The van der Waals surface area contributed by atoms with Gasteiger partial charge in [-0.3, -0.25) is 4.79 Å². The van der Waals surface area contributed by atoms with Gasteiger partial charge in [-0.2, -0.15) is 0 Å². The SMILES string of the molecule is CCC1(C(=O)NC(CBr)COC)CCCC1. The van der Waals surface area contributed by atoms with Crippen molar-refractivity contribution in [1.29, 1.82) is 0 Å². The molecular formula is C12H22BrNO2. The van der Waals surface area contributed by atoms with E-state index in [2.05, 4.69) is 28.2 Å². The van der Waals surface area contributed by atoms with Crippen LogP contribution in [0.2, 0.25) is 0 Å². The van der Waals surface area contributed by atoms with Gasteiger partial charge < -0.3 is 10.1 Å². The topological polar surface area (TPSA) is 38.3 Å². The van der Waals surface area contributed by atoms with Crippen LogP contribution in [-0.2, 0) is 9.53 Å². The average Bonchev–Trinajstić information content (AvgIpc) is 2.78. The minimum atomic E-state index is -0.103. The molecule has 0 bridgehead atoms. The molecule has 1 aliphatic rings. The minimum Gasteiger partial charge on any atom is -0.383 e. The van der Waals surface area contributed by atoms with Gasteiger partial charge in [-0.15, -0.1) is 0 Å². The van der Waals surface area contributed by atoms with Crippen LogP contribution >= 0.6 is 15.9 Å². The smallest absolute Gasteiger partial charge is 0.226 e. The van der Waals surface area contributed by atoms with Gasteiger partial charge in [-0.25, -0.2) is 0 Å². The lowest BCUT2D eigenvalue weighted by molar-refractivity contribution is -0.132. The molecule has 1 rings (SSSR count). The van der Waals surface area contributed by atoms with Gasteiger partial charge in [0.1, 0.15) is 0 Å². The number of alkyl halides is 1. The van der Waals surface area contributed by atoms with E-state index >= 15 is 0 Å². The van der Waals surface area contributed by atoms with Gasteiger partial charge in [0.05, 0.1) is 12.6 Å². The Labute approximate surface area is 106 Å². The quantitative estimate of drug-likeness (QED) is 0.764. The number of carbonyl (C=O) groups excluding carboxylic acids is 1. The first-order valence-corrected chi connectivity index (χ1v) is 7.16. The molecule has 16 heavy (non-hydrogen) atoms. The Balaban J connectivity index is 2.54. The highest BCUT2D eigenvalue weighted by molar-refractivity contribution is 9.09. The van der Waals surface area contributed by atoms with E-state index in [1.807, 2.05) is 0 Å². The Hall–Kier alpha value is -0.0900. The van der Waals surface area contributed by atoms with Crippen molar-refractivity contribution in [2.75, 3.05) is 19.0 Å². The fourth-order valence-corrected chi connectivity index (χ4v) is 2.81. The molecule has 1 aliphatic carbocycles. The number of hydrogen-bond acceptors (Lipinski definition) is 2. The molecule has 1 fully saturated rings. The molecule has 1 saturated carbocycles. The lowest BCUT2D eigenvalue weighted by Crippen LogP contribution is -2.46. The molecule has 1 unspecified atom stereocenters. The molecule has 4 heteroatoms. The number of amides is 1. The Morgan fingerprint density at radius 2 is 2.12 bits per heavy atom. The van der Waals surface area contributed by atoms with E-state index in [0.29, 0.717) is 6.61 Å². The first-order valence-electron chi connectivity index (χ1n) is 6.04. The van der Waals surface area contributed by atoms with Crippen molar-refractivity contribution in [1.82, 2.24) is 5.32 Å². The second kappa shape index (κ2) is 6.60. The summed E-state index contributed by atoms with van der Waals surface area (Å²) in [6.45, 7) is 2.68. The van der Waals surface area contributed by atoms with Crippen molar-refractivity contribution in [2.45, 2.75) is 45.1 Å². The lowest BCUT2D eigenvalue weighted by Gasteiger charge is -2.28. The maximum atomic E-state index is 12.3. The molecule has 0 aliphatic heterocycles. The van der Waals surface area contributed by atoms with Crippen molar-refractivity contribution >= 4 is 21.8 Å². The van der Waals surface area contributed by atoms with E-state index in [4.69, 9.17) is 4.74 Å². The number of methoxy groups -OCH3 is 1. The summed E-state index contributed by atoms with van der Waals surface area (Å²) in [7, 11) is 1.66. The molecule has 0 radical (unpaired) electrons. The second-order valence-electron chi connectivity index (χ2n) is 4.62. The van der Waals surface area contributed by atoms with Crippen molar-refractivity contribution in [3.05, 3.63) is 0 Å². The molecule has 0 aromatic heterocycles. The summed E-state index contributed by atoms with van der Waals surface area (Å²) in [5, 5.41) is 3.83. The monoisotopic (exact) mass is 291 g/mol. The van der Waals surface area contributed by atoms with E-state index in [0.717, 1.165) is 24.6 Å². The Morgan fingerprint density at radius 1 is 1.50 bits per heavy atom. The summed E-state index contributed by atoms with van der Waals surface area (Å²) in [4.78, 5) is 12.3. The molecule has 1 N–H and O–H groups in total. The first kappa shape index (κ1) is 14.0. The van der Waals surface area contributed by atoms with Crippen LogP contribution < -0.4 is 5.32 Å². The van der Waals surface area contributed by atoms with Crippen LogP contribution in [0.3, 0.4) is 0 Å². The van der Waals surface area contributed by atoms with Gasteiger partial charge >= 0.3 is 0 Å². The number of carbonyl (C=O) groups is 1. The first-order chi connectivity index (χ1) is 7.68. The molecule has 0 aromatic carbocycles. The van der Waals surface area contributed by atoms with Crippen molar-refractivity contribution in [2.24, 2.45) is 5.41 Å². The Kier molecular flexibility index (Phi) is 5.76. The molecule has 0 spiro atoms. The van der Waals surface area contributed by atoms with Gasteiger partial charge in [0.25, 0.3) is 0 Å². The zero-order chi connectivity index (χ0) is 12.0. The zero-order valence-corrected chi connectivity index (χ0v) is 11.8. The van der Waals surface area contributed by atoms with E-state index in [1.165, 1.54) is 12.8 Å². The van der Waals surface area contributed by atoms with E-state index < -0.39 is 0 Å². The highest BCUT2D eigenvalue weighted by Crippen LogP contribution is 2.41. The summed E-state index contributed by atoms with van der Waals surface area (Å²) in [5.41, 5.74) is -0.103. The van der Waals surface area contributed by atoms with Crippen LogP contribution in [0.1, 0.15) is 39.0 Å². The third-order valence-electron chi connectivity index (χ3n) is 3.61. The van der Waals surface area contributed by atoms with Crippen molar-refractivity contribution in [3.63, 3.8) is 0 Å². The number of ether oxygens (including phenoxy) is 1. The molecular weight excluding hydrogens is 270 g/mol. The van der Waals surface area contributed by atoms with Crippen LogP contribution in [0, 0.1) is 5.41 Å². The van der Waals surface area contributed by atoms with Crippen LogP contribution in [0.15, 0.2) is 0 Å². The molecule has 94 valence electrons.